The monoisotopic (exact) mass is 268 g/mol. The Kier molecular flexibility index (Phi) is 4.95. The van der Waals surface area contributed by atoms with Crippen LogP contribution in [0.4, 0.5) is 0 Å². The lowest BCUT2D eigenvalue weighted by molar-refractivity contribution is -0.133. The van der Waals surface area contributed by atoms with E-state index >= 15 is 0 Å². The van der Waals surface area contributed by atoms with Crippen molar-refractivity contribution in [2.24, 2.45) is 0 Å². The van der Waals surface area contributed by atoms with Crippen LogP contribution in [0.1, 0.15) is 12.5 Å². The van der Waals surface area contributed by atoms with Crippen molar-refractivity contribution in [2.45, 2.75) is 6.92 Å². The lowest BCUT2D eigenvalue weighted by atomic mass is 10.2. The van der Waals surface area contributed by atoms with Gasteiger partial charge in [-0.3, -0.25) is 0 Å². The van der Waals surface area contributed by atoms with Crippen molar-refractivity contribution in [2.75, 3.05) is 6.61 Å². The molecule has 3 heteroatoms. The molecule has 2 rings (SSSR count). The molecule has 0 aliphatic heterocycles. The molecular weight excluding hydrogens is 252 g/mol. The normalized spacial score (nSPS) is 10.9. The lowest BCUT2D eigenvalue weighted by Gasteiger charge is -2.08. The summed E-state index contributed by atoms with van der Waals surface area (Å²) in [4.78, 5) is 12.1. The molecule has 20 heavy (non-hydrogen) atoms. The average molecular weight is 268 g/mol. The summed E-state index contributed by atoms with van der Waals surface area (Å²) in [5, 5.41) is 0. The Morgan fingerprint density at radius 1 is 1.00 bits per heavy atom. The number of hydrogen-bond acceptors (Lipinski definition) is 3. The highest BCUT2D eigenvalue weighted by molar-refractivity contribution is 5.92. The summed E-state index contributed by atoms with van der Waals surface area (Å²) in [6.07, 6.45) is 1.68. The molecule has 2 aromatic carbocycles. The van der Waals surface area contributed by atoms with Crippen LogP contribution < -0.4 is 4.74 Å². The Balaban J connectivity index is 2.16. The predicted octanol–water partition coefficient (Wildman–Crippen LogP) is 3.67. The summed E-state index contributed by atoms with van der Waals surface area (Å²) in [5.74, 6) is 0.195. The molecule has 3 nitrogen and oxygen atoms in total. The van der Waals surface area contributed by atoms with Gasteiger partial charge in [-0.25, -0.2) is 4.79 Å². The number of rotatable bonds is 5. The van der Waals surface area contributed by atoms with Crippen LogP contribution in [0.3, 0.4) is 0 Å². The zero-order valence-electron chi connectivity index (χ0n) is 11.3. The number of carbonyl (C=O) groups is 1. The summed E-state index contributed by atoms with van der Waals surface area (Å²) in [6.45, 7) is 2.23. The third-order valence-electron chi connectivity index (χ3n) is 2.55. The third-order valence-corrected chi connectivity index (χ3v) is 2.55. The minimum absolute atomic E-state index is 0.197. The van der Waals surface area contributed by atoms with Crippen LogP contribution in [0.2, 0.25) is 0 Å². The van der Waals surface area contributed by atoms with Crippen LogP contribution in [-0.4, -0.2) is 12.6 Å². The van der Waals surface area contributed by atoms with E-state index in [2.05, 4.69) is 0 Å². The van der Waals surface area contributed by atoms with E-state index < -0.39 is 5.97 Å². The van der Waals surface area contributed by atoms with Crippen LogP contribution in [-0.2, 0) is 9.53 Å². The molecule has 0 radical (unpaired) electrons. The number of para-hydroxylation sites is 1. The SMILES string of the molecule is CCOC(=Cc1ccccc1)C(=O)Oc1ccccc1. The summed E-state index contributed by atoms with van der Waals surface area (Å²) in [6, 6.07) is 18.4. The minimum atomic E-state index is -0.498. The fraction of sp³-hybridized carbons (Fsp3) is 0.118. The fourth-order valence-corrected chi connectivity index (χ4v) is 1.66. The van der Waals surface area contributed by atoms with E-state index in [1.807, 2.05) is 55.5 Å². The fourth-order valence-electron chi connectivity index (χ4n) is 1.66. The van der Waals surface area contributed by atoms with E-state index in [1.54, 1.807) is 18.2 Å². The third kappa shape index (κ3) is 3.99. The minimum Gasteiger partial charge on any atom is -0.487 e. The maximum absolute atomic E-state index is 12.1. The molecule has 0 saturated heterocycles. The second-order valence-corrected chi connectivity index (χ2v) is 4.05. The maximum atomic E-state index is 12.1. The van der Waals surface area contributed by atoms with Gasteiger partial charge < -0.3 is 9.47 Å². The number of hydrogen-bond donors (Lipinski definition) is 0. The van der Waals surface area contributed by atoms with Gasteiger partial charge in [0.05, 0.1) is 6.61 Å². The molecule has 0 amide bonds. The number of carbonyl (C=O) groups excluding carboxylic acids is 1. The topological polar surface area (TPSA) is 35.5 Å². The van der Waals surface area contributed by atoms with Gasteiger partial charge >= 0.3 is 5.97 Å². The second-order valence-electron chi connectivity index (χ2n) is 4.05. The number of benzene rings is 2. The van der Waals surface area contributed by atoms with Crippen LogP contribution in [0.5, 0.6) is 5.75 Å². The quantitative estimate of drug-likeness (QED) is 0.359. The molecule has 0 aromatic heterocycles. The molecule has 0 atom stereocenters. The highest BCUT2D eigenvalue weighted by Crippen LogP contribution is 2.14. The molecule has 0 aliphatic rings. The van der Waals surface area contributed by atoms with E-state index in [1.165, 1.54) is 0 Å². The molecular formula is C17H16O3. The molecule has 0 heterocycles. The van der Waals surface area contributed by atoms with Gasteiger partial charge in [-0.05, 0) is 30.7 Å². The maximum Gasteiger partial charge on any atom is 0.379 e. The van der Waals surface area contributed by atoms with Crippen LogP contribution in [0.15, 0.2) is 66.4 Å². The molecule has 0 unspecified atom stereocenters. The molecule has 2 aromatic rings. The Morgan fingerprint density at radius 2 is 1.60 bits per heavy atom. The zero-order chi connectivity index (χ0) is 14.2. The van der Waals surface area contributed by atoms with E-state index in [0.717, 1.165) is 5.56 Å². The van der Waals surface area contributed by atoms with Gasteiger partial charge in [0, 0.05) is 0 Å². The number of esters is 1. The van der Waals surface area contributed by atoms with Crippen molar-refractivity contribution >= 4 is 12.0 Å². The largest absolute Gasteiger partial charge is 0.487 e. The Hall–Kier alpha value is -2.55. The first kappa shape index (κ1) is 13.9. The van der Waals surface area contributed by atoms with Crippen LogP contribution in [0.25, 0.3) is 6.08 Å². The molecule has 0 N–H and O–H groups in total. The summed E-state index contributed by atoms with van der Waals surface area (Å²) in [5.41, 5.74) is 0.890. The molecule has 0 bridgehead atoms. The van der Waals surface area contributed by atoms with Crippen molar-refractivity contribution < 1.29 is 14.3 Å². The first-order chi connectivity index (χ1) is 9.79. The Bertz CT molecular complexity index is 574. The first-order valence-corrected chi connectivity index (χ1v) is 6.46. The molecule has 0 aliphatic carbocycles. The summed E-state index contributed by atoms with van der Waals surface area (Å²) in [7, 11) is 0. The molecule has 102 valence electrons. The Morgan fingerprint density at radius 3 is 2.20 bits per heavy atom. The van der Waals surface area contributed by atoms with E-state index in [9.17, 15) is 4.79 Å². The van der Waals surface area contributed by atoms with Gasteiger partial charge in [0.15, 0.2) is 0 Å². The average Bonchev–Trinajstić information content (AvgIpc) is 2.49. The summed E-state index contributed by atoms with van der Waals surface area (Å²) >= 11 is 0. The second kappa shape index (κ2) is 7.14. The van der Waals surface area contributed by atoms with Crippen LogP contribution >= 0.6 is 0 Å². The standard InChI is InChI=1S/C17H16O3/c1-2-19-16(13-14-9-5-3-6-10-14)17(18)20-15-11-7-4-8-12-15/h3-13H,2H2,1H3. The van der Waals surface area contributed by atoms with Crippen LogP contribution in [0, 0.1) is 0 Å². The lowest BCUT2D eigenvalue weighted by Crippen LogP contribution is -2.13. The van der Waals surface area contributed by atoms with Gasteiger partial charge in [-0.15, -0.1) is 0 Å². The highest BCUT2D eigenvalue weighted by atomic mass is 16.6. The zero-order valence-corrected chi connectivity index (χ0v) is 11.3. The van der Waals surface area contributed by atoms with Gasteiger partial charge in [-0.2, -0.15) is 0 Å². The highest BCUT2D eigenvalue weighted by Gasteiger charge is 2.13. The van der Waals surface area contributed by atoms with E-state index in [4.69, 9.17) is 9.47 Å². The van der Waals surface area contributed by atoms with Crippen molar-refractivity contribution in [3.8, 4) is 5.75 Å². The predicted molar refractivity (Wildman–Crippen MR) is 78.1 cm³/mol. The molecule has 0 spiro atoms. The van der Waals surface area contributed by atoms with E-state index in [-0.39, 0.29) is 5.76 Å². The van der Waals surface area contributed by atoms with Crippen molar-refractivity contribution in [1.82, 2.24) is 0 Å². The summed E-state index contributed by atoms with van der Waals surface area (Å²) < 4.78 is 10.6. The van der Waals surface area contributed by atoms with E-state index in [0.29, 0.717) is 12.4 Å². The van der Waals surface area contributed by atoms with Crippen molar-refractivity contribution in [3.05, 3.63) is 72.0 Å². The Labute approximate surface area is 118 Å². The van der Waals surface area contributed by atoms with Gasteiger partial charge in [0.25, 0.3) is 0 Å². The van der Waals surface area contributed by atoms with Gasteiger partial charge in [0.2, 0.25) is 5.76 Å². The van der Waals surface area contributed by atoms with Crippen molar-refractivity contribution in [3.63, 3.8) is 0 Å². The van der Waals surface area contributed by atoms with Crippen molar-refractivity contribution in [1.29, 1.82) is 0 Å². The molecule has 0 fully saturated rings. The first-order valence-electron chi connectivity index (χ1n) is 6.46. The van der Waals surface area contributed by atoms with Gasteiger partial charge in [0.1, 0.15) is 5.75 Å². The number of ether oxygens (including phenoxy) is 2. The smallest absolute Gasteiger partial charge is 0.379 e. The molecule has 0 saturated carbocycles. The van der Waals surface area contributed by atoms with Gasteiger partial charge in [-0.1, -0.05) is 48.5 Å².